The van der Waals surface area contributed by atoms with Crippen LogP contribution >= 0.6 is 0 Å². The minimum Gasteiger partial charge on any atom is -0.491 e. The summed E-state index contributed by atoms with van der Waals surface area (Å²) in [5, 5.41) is 0. The maximum atomic E-state index is 5.63. The third-order valence-corrected chi connectivity index (χ3v) is 3.13. The Kier molecular flexibility index (Phi) is 3.10. The highest BCUT2D eigenvalue weighted by atomic mass is 16.5. The maximum Gasteiger partial charge on any atom is 0.164 e. The first kappa shape index (κ1) is 12.6. The summed E-state index contributed by atoms with van der Waals surface area (Å²) in [5.41, 5.74) is 3.55. The van der Waals surface area contributed by atoms with Gasteiger partial charge < -0.3 is 9.30 Å². The van der Waals surface area contributed by atoms with Gasteiger partial charge in [-0.05, 0) is 37.6 Å². The molecule has 0 spiro atoms. The number of pyridine rings is 2. The van der Waals surface area contributed by atoms with Crippen LogP contribution in [-0.2, 0) is 7.05 Å². The summed E-state index contributed by atoms with van der Waals surface area (Å²) in [5.74, 6) is 1.51. The number of imidazole rings is 1. The lowest BCUT2D eigenvalue weighted by Crippen LogP contribution is -2.00. The number of hydrogen-bond acceptors (Lipinski definition) is 4. The molecule has 0 fully saturated rings. The van der Waals surface area contributed by atoms with E-state index in [-0.39, 0.29) is 0 Å². The van der Waals surface area contributed by atoms with Gasteiger partial charge in [-0.15, -0.1) is 0 Å². The molecule has 3 rings (SSSR count). The van der Waals surface area contributed by atoms with Crippen molar-refractivity contribution < 1.29 is 4.74 Å². The van der Waals surface area contributed by atoms with Crippen LogP contribution in [0.3, 0.4) is 0 Å². The first-order valence-electron chi connectivity index (χ1n) is 6.58. The second-order valence-electron chi connectivity index (χ2n) is 4.63. The van der Waals surface area contributed by atoms with Crippen LogP contribution in [0.4, 0.5) is 0 Å². The van der Waals surface area contributed by atoms with E-state index in [1.54, 1.807) is 6.20 Å². The maximum absolute atomic E-state index is 5.63. The molecule has 0 saturated carbocycles. The molecule has 5 nitrogen and oxygen atoms in total. The van der Waals surface area contributed by atoms with Crippen LogP contribution in [0.1, 0.15) is 12.5 Å². The van der Waals surface area contributed by atoms with E-state index in [4.69, 9.17) is 4.74 Å². The molecule has 5 heteroatoms. The SMILES string of the molecule is CCOc1cccnc1-c1nc2cc(C)cnc2n1C. The Morgan fingerprint density at radius 3 is 2.95 bits per heavy atom. The molecule has 0 aliphatic carbocycles. The number of rotatable bonds is 3. The van der Waals surface area contributed by atoms with Gasteiger partial charge in [0.25, 0.3) is 0 Å². The Bertz CT molecular complexity index is 764. The van der Waals surface area contributed by atoms with Crippen LogP contribution in [0.5, 0.6) is 5.75 Å². The molecule has 3 aromatic heterocycles. The highest BCUT2D eigenvalue weighted by Gasteiger charge is 2.16. The third-order valence-electron chi connectivity index (χ3n) is 3.13. The quantitative estimate of drug-likeness (QED) is 0.733. The van der Waals surface area contributed by atoms with Crippen molar-refractivity contribution in [1.29, 1.82) is 0 Å². The molecule has 20 heavy (non-hydrogen) atoms. The van der Waals surface area contributed by atoms with Gasteiger partial charge in [-0.3, -0.25) is 0 Å². The van der Waals surface area contributed by atoms with E-state index < -0.39 is 0 Å². The van der Waals surface area contributed by atoms with Crippen molar-refractivity contribution in [2.75, 3.05) is 6.61 Å². The van der Waals surface area contributed by atoms with Crippen LogP contribution in [-0.4, -0.2) is 26.1 Å². The summed E-state index contributed by atoms with van der Waals surface area (Å²) >= 11 is 0. The number of aryl methyl sites for hydroxylation is 2. The zero-order chi connectivity index (χ0) is 14.1. The monoisotopic (exact) mass is 268 g/mol. The third kappa shape index (κ3) is 2.01. The summed E-state index contributed by atoms with van der Waals surface area (Å²) in [4.78, 5) is 13.5. The highest BCUT2D eigenvalue weighted by molar-refractivity contribution is 5.77. The largest absolute Gasteiger partial charge is 0.491 e. The van der Waals surface area contributed by atoms with Crippen LogP contribution in [0.15, 0.2) is 30.6 Å². The molecule has 0 aliphatic heterocycles. The van der Waals surface area contributed by atoms with Crippen molar-refractivity contribution in [3.63, 3.8) is 0 Å². The number of nitrogens with zero attached hydrogens (tertiary/aromatic N) is 4. The molecule has 0 saturated heterocycles. The molecule has 102 valence electrons. The minimum atomic E-state index is 0.597. The van der Waals surface area contributed by atoms with E-state index in [2.05, 4.69) is 15.0 Å². The molecule has 3 heterocycles. The van der Waals surface area contributed by atoms with Gasteiger partial charge in [-0.2, -0.15) is 0 Å². The molecule has 0 aromatic carbocycles. The number of fused-ring (bicyclic) bond motifs is 1. The zero-order valence-electron chi connectivity index (χ0n) is 11.8. The molecule has 3 aromatic rings. The van der Waals surface area contributed by atoms with E-state index in [1.807, 2.05) is 49.9 Å². The first-order chi connectivity index (χ1) is 9.70. The van der Waals surface area contributed by atoms with Crippen molar-refractivity contribution >= 4 is 11.2 Å². The molecule has 0 amide bonds. The Labute approximate surface area is 117 Å². The van der Waals surface area contributed by atoms with Gasteiger partial charge in [-0.25, -0.2) is 15.0 Å². The smallest absolute Gasteiger partial charge is 0.164 e. The van der Waals surface area contributed by atoms with E-state index >= 15 is 0 Å². The Balaban J connectivity index is 2.22. The van der Waals surface area contributed by atoms with Crippen molar-refractivity contribution in [3.05, 3.63) is 36.2 Å². The standard InChI is InChI=1S/C15H16N4O/c1-4-20-12-6-5-7-16-13(12)15-18-11-8-10(2)9-17-14(11)19(15)3/h5-9H,4H2,1-3H3. The van der Waals surface area contributed by atoms with E-state index in [9.17, 15) is 0 Å². The average molecular weight is 268 g/mol. The molecule has 0 aliphatic rings. The fourth-order valence-corrected chi connectivity index (χ4v) is 2.22. The van der Waals surface area contributed by atoms with Gasteiger partial charge in [0.2, 0.25) is 0 Å². The predicted octanol–water partition coefficient (Wildman–Crippen LogP) is 2.74. The predicted molar refractivity (Wildman–Crippen MR) is 77.6 cm³/mol. The van der Waals surface area contributed by atoms with E-state index in [1.165, 1.54) is 0 Å². The summed E-state index contributed by atoms with van der Waals surface area (Å²) in [7, 11) is 1.94. The minimum absolute atomic E-state index is 0.597. The van der Waals surface area contributed by atoms with Crippen molar-refractivity contribution in [3.8, 4) is 17.3 Å². The van der Waals surface area contributed by atoms with Gasteiger partial charge in [0.1, 0.15) is 17.0 Å². The second kappa shape index (κ2) is 4.92. The Hall–Kier alpha value is -2.43. The summed E-state index contributed by atoms with van der Waals surface area (Å²) in [6.07, 6.45) is 3.59. The summed E-state index contributed by atoms with van der Waals surface area (Å²) in [6, 6.07) is 5.79. The van der Waals surface area contributed by atoms with Crippen LogP contribution in [0.25, 0.3) is 22.7 Å². The number of aromatic nitrogens is 4. The number of hydrogen-bond donors (Lipinski definition) is 0. The average Bonchev–Trinajstić information content (AvgIpc) is 2.76. The van der Waals surface area contributed by atoms with Crippen molar-refractivity contribution in [1.82, 2.24) is 19.5 Å². The lowest BCUT2D eigenvalue weighted by molar-refractivity contribution is 0.340. The lowest BCUT2D eigenvalue weighted by Gasteiger charge is -2.08. The van der Waals surface area contributed by atoms with Gasteiger partial charge in [-0.1, -0.05) is 0 Å². The summed E-state index contributed by atoms with van der Waals surface area (Å²) < 4.78 is 7.57. The molecule has 0 atom stereocenters. The van der Waals surface area contributed by atoms with Crippen molar-refractivity contribution in [2.24, 2.45) is 7.05 Å². The zero-order valence-corrected chi connectivity index (χ0v) is 11.8. The van der Waals surface area contributed by atoms with Gasteiger partial charge in [0, 0.05) is 19.4 Å². The van der Waals surface area contributed by atoms with Crippen LogP contribution in [0.2, 0.25) is 0 Å². The van der Waals surface area contributed by atoms with Crippen LogP contribution in [0, 0.1) is 6.92 Å². The molecular weight excluding hydrogens is 252 g/mol. The van der Waals surface area contributed by atoms with Gasteiger partial charge >= 0.3 is 0 Å². The normalized spacial score (nSPS) is 10.9. The second-order valence-corrected chi connectivity index (χ2v) is 4.63. The van der Waals surface area contributed by atoms with E-state index in [0.717, 1.165) is 34.0 Å². The highest BCUT2D eigenvalue weighted by Crippen LogP contribution is 2.28. The van der Waals surface area contributed by atoms with Crippen molar-refractivity contribution in [2.45, 2.75) is 13.8 Å². The molecular formula is C15H16N4O. The molecule has 0 radical (unpaired) electrons. The number of ether oxygens (including phenoxy) is 1. The Morgan fingerprint density at radius 2 is 2.15 bits per heavy atom. The molecule has 0 unspecified atom stereocenters. The lowest BCUT2D eigenvalue weighted by atomic mass is 10.3. The van der Waals surface area contributed by atoms with Gasteiger partial charge in [0.05, 0.1) is 6.61 Å². The molecule has 0 bridgehead atoms. The first-order valence-corrected chi connectivity index (χ1v) is 6.58. The van der Waals surface area contributed by atoms with Crippen LogP contribution < -0.4 is 4.74 Å². The summed E-state index contributed by atoms with van der Waals surface area (Å²) in [6.45, 7) is 4.56. The fraction of sp³-hybridized carbons (Fsp3) is 0.267. The fourth-order valence-electron chi connectivity index (χ4n) is 2.22. The molecule has 0 N–H and O–H groups in total. The van der Waals surface area contributed by atoms with Gasteiger partial charge in [0.15, 0.2) is 11.5 Å². The van der Waals surface area contributed by atoms with E-state index in [0.29, 0.717) is 6.61 Å². The Morgan fingerprint density at radius 1 is 1.30 bits per heavy atom. The topological polar surface area (TPSA) is 52.8 Å².